The monoisotopic (exact) mass is 327 g/mol. The number of thiazole rings is 1. The van der Waals surface area contributed by atoms with Crippen LogP contribution in [0.1, 0.15) is 29.1 Å². The van der Waals surface area contributed by atoms with Crippen molar-refractivity contribution in [3.63, 3.8) is 0 Å². The third-order valence-electron chi connectivity index (χ3n) is 4.72. The second kappa shape index (κ2) is 5.94. The first-order chi connectivity index (χ1) is 11.2. The van der Waals surface area contributed by atoms with Crippen molar-refractivity contribution in [2.24, 2.45) is 4.99 Å². The Kier molecular flexibility index (Phi) is 3.79. The summed E-state index contributed by atoms with van der Waals surface area (Å²) >= 11 is 1.65. The van der Waals surface area contributed by atoms with Gasteiger partial charge >= 0.3 is 0 Å². The van der Waals surface area contributed by atoms with Gasteiger partial charge in [-0.3, -0.25) is 9.89 Å². The minimum absolute atomic E-state index is 0.388. The minimum Gasteiger partial charge on any atom is -0.378 e. The van der Waals surface area contributed by atoms with Crippen LogP contribution in [-0.4, -0.2) is 35.7 Å². The van der Waals surface area contributed by atoms with Crippen molar-refractivity contribution in [2.45, 2.75) is 25.8 Å². The smallest absolute Gasteiger partial charge is 0.180 e. The maximum atomic E-state index is 5.84. The van der Waals surface area contributed by atoms with Crippen molar-refractivity contribution < 1.29 is 0 Å². The first kappa shape index (κ1) is 14.7. The van der Waals surface area contributed by atoms with E-state index in [2.05, 4.69) is 45.3 Å². The van der Waals surface area contributed by atoms with E-state index in [9.17, 15) is 0 Å². The Bertz CT molecular complexity index is 726. The number of aromatic nitrogens is 1. The van der Waals surface area contributed by atoms with Gasteiger partial charge in [0.05, 0.1) is 23.6 Å². The fraction of sp³-hybridized carbons (Fsp3) is 0.412. The van der Waals surface area contributed by atoms with Gasteiger partial charge in [0.15, 0.2) is 5.13 Å². The highest BCUT2D eigenvalue weighted by atomic mass is 32.1. The molecule has 3 heterocycles. The molecule has 0 fully saturated rings. The van der Waals surface area contributed by atoms with Crippen LogP contribution in [0, 0.1) is 0 Å². The molecule has 0 amide bonds. The van der Waals surface area contributed by atoms with E-state index in [0.29, 0.717) is 11.2 Å². The summed E-state index contributed by atoms with van der Waals surface area (Å²) in [6.45, 7) is 5.18. The van der Waals surface area contributed by atoms with Crippen molar-refractivity contribution in [1.29, 1.82) is 0 Å². The van der Waals surface area contributed by atoms with Crippen LogP contribution in [-0.2, 0) is 12.8 Å². The number of anilines is 2. The van der Waals surface area contributed by atoms with Gasteiger partial charge in [0.1, 0.15) is 0 Å². The zero-order valence-corrected chi connectivity index (χ0v) is 14.1. The van der Waals surface area contributed by atoms with Gasteiger partial charge in [-0.15, -0.1) is 11.3 Å². The van der Waals surface area contributed by atoms with E-state index in [-0.39, 0.29) is 0 Å². The molecule has 0 radical (unpaired) electrons. The first-order valence-electron chi connectivity index (χ1n) is 8.09. The summed E-state index contributed by atoms with van der Waals surface area (Å²) in [6.07, 6.45) is 3.94. The molecule has 1 aromatic carbocycles. The van der Waals surface area contributed by atoms with Crippen LogP contribution < -0.4 is 11.1 Å². The van der Waals surface area contributed by atoms with Crippen molar-refractivity contribution in [2.75, 3.05) is 30.7 Å². The van der Waals surface area contributed by atoms with E-state index < -0.39 is 0 Å². The lowest BCUT2D eigenvalue weighted by Crippen LogP contribution is -2.29. The number of nitrogens with zero attached hydrogens (tertiary/aromatic N) is 3. The van der Waals surface area contributed by atoms with Gasteiger partial charge in [0, 0.05) is 36.6 Å². The predicted molar refractivity (Wildman–Crippen MR) is 97.0 cm³/mol. The topological polar surface area (TPSA) is 66.5 Å². The third-order valence-corrected chi connectivity index (χ3v) is 5.71. The van der Waals surface area contributed by atoms with Gasteiger partial charge in [-0.1, -0.05) is 6.07 Å². The SMILES string of the molecule is CC(c1ccc2c(c1)NCC=N2)N1CCc2nc(N)sc2CC1. The molecule has 1 atom stereocenters. The average Bonchev–Trinajstić information content (AvgIpc) is 2.82. The molecular weight excluding hydrogens is 306 g/mol. The van der Waals surface area contributed by atoms with E-state index in [4.69, 9.17) is 5.73 Å². The molecule has 3 N–H and O–H groups in total. The summed E-state index contributed by atoms with van der Waals surface area (Å²) < 4.78 is 0. The Morgan fingerprint density at radius 2 is 2.17 bits per heavy atom. The number of aliphatic imine (C=N–C) groups is 1. The molecule has 0 bridgehead atoms. The summed E-state index contributed by atoms with van der Waals surface area (Å²) in [4.78, 5) is 12.8. The molecule has 2 aliphatic rings. The molecular formula is C17H21N5S. The van der Waals surface area contributed by atoms with Gasteiger partial charge in [0.2, 0.25) is 0 Å². The molecule has 2 aromatic rings. The number of nitrogen functional groups attached to an aromatic ring is 1. The van der Waals surface area contributed by atoms with Crippen LogP contribution in [0.3, 0.4) is 0 Å². The standard InChI is InChI=1S/C17H21N5S/c1-11(12-2-3-13-15(10-12)20-7-6-19-13)22-8-4-14-16(5-9-22)23-17(18)21-14/h2-3,6,10-11,20H,4-5,7-9H2,1H3,(H2,18,21). The summed E-state index contributed by atoms with van der Waals surface area (Å²) in [6, 6.07) is 6.94. The third kappa shape index (κ3) is 2.84. The fourth-order valence-electron chi connectivity index (χ4n) is 3.37. The summed E-state index contributed by atoms with van der Waals surface area (Å²) in [7, 11) is 0. The highest BCUT2D eigenvalue weighted by Crippen LogP contribution is 2.33. The number of nitrogens with two attached hydrogens (primary N) is 1. The molecule has 0 spiro atoms. The molecule has 23 heavy (non-hydrogen) atoms. The molecule has 1 unspecified atom stereocenters. The van der Waals surface area contributed by atoms with Gasteiger partial charge < -0.3 is 11.1 Å². The average molecular weight is 327 g/mol. The van der Waals surface area contributed by atoms with Gasteiger partial charge in [-0.25, -0.2) is 4.98 Å². The van der Waals surface area contributed by atoms with Crippen LogP contribution in [0.15, 0.2) is 23.2 Å². The molecule has 4 rings (SSSR count). The predicted octanol–water partition coefficient (Wildman–Crippen LogP) is 3.01. The van der Waals surface area contributed by atoms with Crippen molar-refractivity contribution in [1.82, 2.24) is 9.88 Å². The molecule has 0 aliphatic carbocycles. The normalized spacial score (nSPS) is 18.7. The lowest BCUT2D eigenvalue weighted by atomic mass is 10.0. The zero-order valence-electron chi connectivity index (χ0n) is 13.2. The minimum atomic E-state index is 0.388. The molecule has 5 nitrogen and oxygen atoms in total. The summed E-state index contributed by atoms with van der Waals surface area (Å²) in [5.41, 5.74) is 10.5. The lowest BCUT2D eigenvalue weighted by molar-refractivity contribution is 0.221. The van der Waals surface area contributed by atoms with Crippen molar-refractivity contribution in [3.8, 4) is 0 Å². The van der Waals surface area contributed by atoms with Crippen LogP contribution in [0.4, 0.5) is 16.5 Å². The first-order valence-corrected chi connectivity index (χ1v) is 8.91. The summed E-state index contributed by atoms with van der Waals surface area (Å²) in [5, 5.41) is 4.11. The Morgan fingerprint density at radius 3 is 3.09 bits per heavy atom. The van der Waals surface area contributed by atoms with Crippen molar-refractivity contribution in [3.05, 3.63) is 34.3 Å². The highest BCUT2D eigenvalue weighted by molar-refractivity contribution is 7.15. The van der Waals surface area contributed by atoms with Crippen LogP contribution >= 0.6 is 11.3 Å². The fourth-order valence-corrected chi connectivity index (χ4v) is 4.23. The zero-order chi connectivity index (χ0) is 15.8. The van der Waals surface area contributed by atoms with Crippen LogP contribution in [0.5, 0.6) is 0 Å². The van der Waals surface area contributed by atoms with E-state index >= 15 is 0 Å². The number of nitrogens with one attached hydrogen (secondary N) is 1. The highest BCUT2D eigenvalue weighted by Gasteiger charge is 2.22. The Morgan fingerprint density at radius 1 is 1.30 bits per heavy atom. The van der Waals surface area contributed by atoms with Crippen LogP contribution in [0.2, 0.25) is 0 Å². The van der Waals surface area contributed by atoms with Gasteiger partial charge in [-0.2, -0.15) is 0 Å². The van der Waals surface area contributed by atoms with Crippen LogP contribution in [0.25, 0.3) is 0 Å². The molecule has 1 aromatic heterocycles. The van der Waals surface area contributed by atoms with E-state index in [1.165, 1.54) is 16.1 Å². The van der Waals surface area contributed by atoms with E-state index in [1.807, 2.05) is 6.21 Å². The van der Waals surface area contributed by atoms with E-state index in [0.717, 1.165) is 43.9 Å². The molecule has 0 saturated carbocycles. The Balaban J connectivity index is 1.52. The quantitative estimate of drug-likeness (QED) is 0.890. The second-order valence-electron chi connectivity index (χ2n) is 6.10. The number of hydrogen-bond donors (Lipinski definition) is 2. The Hall–Kier alpha value is -1.92. The van der Waals surface area contributed by atoms with Crippen molar-refractivity contribution >= 4 is 34.1 Å². The van der Waals surface area contributed by atoms with E-state index in [1.54, 1.807) is 11.3 Å². The molecule has 120 valence electrons. The maximum Gasteiger partial charge on any atom is 0.180 e. The number of rotatable bonds is 2. The number of fused-ring (bicyclic) bond motifs is 2. The Labute approximate surface area is 140 Å². The van der Waals surface area contributed by atoms with Gasteiger partial charge in [-0.05, 0) is 31.0 Å². The number of hydrogen-bond acceptors (Lipinski definition) is 6. The van der Waals surface area contributed by atoms with Gasteiger partial charge in [0.25, 0.3) is 0 Å². The number of benzene rings is 1. The second-order valence-corrected chi connectivity index (χ2v) is 7.22. The lowest BCUT2D eigenvalue weighted by Gasteiger charge is -2.28. The molecule has 2 aliphatic heterocycles. The maximum absolute atomic E-state index is 5.84. The molecule has 6 heteroatoms. The largest absolute Gasteiger partial charge is 0.378 e. The summed E-state index contributed by atoms with van der Waals surface area (Å²) in [5.74, 6) is 0. The molecule has 0 saturated heterocycles.